The number of rotatable bonds is 14. The molecule has 5 atom stereocenters. The van der Waals surface area contributed by atoms with Gasteiger partial charge in [0.05, 0.1) is 17.0 Å². The zero-order chi connectivity index (χ0) is 32.7. The molecule has 0 spiro atoms. The lowest BCUT2D eigenvalue weighted by Crippen LogP contribution is -2.57. The maximum Gasteiger partial charge on any atom is 0.408 e. The summed E-state index contributed by atoms with van der Waals surface area (Å²) in [6, 6.07) is 12.1. The molecule has 0 aliphatic carbocycles. The Bertz CT molecular complexity index is 1360. The van der Waals surface area contributed by atoms with E-state index in [4.69, 9.17) is 14.2 Å². The molecule has 0 aromatic heterocycles. The molecule has 244 valence electrons. The van der Waals surface area contributed by atoms with E-state index < -0.39 is 51.0 Å². The van der Waals surface area contributed by atoms with Crippen LogP contribution in [0.1, 0.15) is 60.5 Å². The average molecular weight is 634 g/mol. The van der Waals surface area contributed by atoms with E-state index in [1.54, 1.807) is 40.7 Å². The van der Waals surface area contributed by atoms with Gasteiger partial charge in [-0.25, -0.2) is 13.2 Å². The molecule has 1 aliphatic rings. The van der Waals surface area contributed by atoms with E-state index in [1.807, 2.05) is 44.2 Å². The SMILES string of the molecule is CC[C@H](C)[C@H](NC(=O)OC(C)(C)C)C(=O)N[C@@H](Cc1ccccc1)[C@H](O)CNC(C(C)C)S(=O)(=O)c1ccc2c(c1)OCO2. The number of ether oxygens (including phenoxy) is 3. The van der Waals surface area contributed by atoms with Gasteiger partial charge in [0.1, 0.15) is 17.0 Å². The fraction of sp³-hybridized carbons (Fsp3) is 0.562. The Labute approximate surface area is 261 Å². The third-order valence-corrected chi connectivity index (χ3v) is 9.69. The van der Waals surface area contributed by atoms with Crippen molar-refractivity contribution >= 4 is 21.8 Å². The van der Waals surface area contributed by atoms with E-state index in [-0.39, 0.29) is 36.5 Å². The van der Waals surface area contributed by atoms with Crippen molar-refractivity contribution < 1.29 is 37.3 Å². The summed E-state index contributed by atoms with van der Waals surface area (Å²) in [7, 11) is -3.89. The first kappa shape index (κ1) is 35.1. The summed E-state index contributed by atoms with van der Waals surface area (Å²) < 4.78 is 43.4. The fourth-order valence-corrected chi connectivity index (χ4v) is 6.70. The molecule has 1 heterocycles. The lowest BCUT2D eigenvalue weighted by atomic mass is 9.96. The minimum atomic E-state index is -3.89. The Balaban J connectivity index is 1.80. The summed E-state index contributed by atoms with van der Waals surface area (Å²) in [5.41, 5.74) is 0.122. The van der Waals surface area contributed by atoms with E-state index >= 15 is 0 Å². The molecule has 11 nitrogen and oxygen atoms in total. The van der Waals surface area contributed by atoms with Crippen LogP contribution in [0, 0.1) is 11.8 Å². The summed E-state index contributed by atoms with van der Waals surface area (Å²) in [5, 5.41) is 19.0. The van der Waals surface area contributed by atoms with Crippen LogP contribution < -0.4 is 25.4 Å². The van der Waals surface area contributed by atoms with Gasteiger partial charge in [-0.1, -0.05) is 64.4 Å². The predicted octanol–water partition coefficient (Wildman–Crippen LogP) is 3.79. The lowest BCUT2D eigenvalue weighted by molar-refractivity contribution is -0.126. The Morgan fingerprint density at radius 2 is 1.66 bits per heavy atom. The largest absolute Gasteiger partial charge is 0.454 e. The zero-order valence-corrected chi connectivity index (χ0v) is 27.4. The van der Waals surface area contributed by atoms with E-state index in [2.05, 4.69) is 16.0 Å². The van der Waals surface area contributed by atoms with E-state index in [0.29, 0.717) is 17.9 Å². The normalized spacial score (nSPS) is 16.5. The molecule has 2 amide bonds. The number of fused-ring (bicyclic) bond motifs is 1. The first-order chi connectivity index (χ1) is 20.6. The summed E-state index contributed by atoms with van der Waals surface area (Å²) in [6.45, 7) is 12.4. The van der Waals surface area contributed by atoms with Gasteiger partial charge < -0.3 is 30.0 Å². The van der Waals surface area contributed by atoms with Gasteiger partial charge in [-0.15, -0.1) is 0 Å². The van der Waals surface area contributed by atoms with Crippen molar-refractivity contribution in [3.8, 4) is 11.5 Å². The number of carbonyl (C=O) groups excluding carboxylic acids is 2. The van der Waals surface area contributed by atoms with Gasteiger partial charge in [-0.05, 0) is 56.7 Å². The van der Waals surface area contributed by atoms with Gasteiger partial charge in [0.2, 0.25) is 12.7 Å². The molecule has 12 heteroatoms. The standard InChI is InChI=1S/C32H47N3O8S/c1-8-21(4)28(35-31(38)43-32(5,6)7)29(37)34-24(16-22-12-10-9-11-13-22)25(36)18-33-30(20(2)3)44(39,40)23-14-15-26-27(17-23)42-19-41-26/h9-15,17,20-21,24-25,28,30,33,36H,8,16,18-19H2,1-7H3,(H,34,37)(H,35,38)/t21-,24-,25+,28-,30?/m0/s1. The Morgan fingerprint density at radius 1 is 1.00 bits per heavy atom. The molecule has 2 aromatic rings. The van der Waals surface area contributed by atoms with Crippen molar-refractivity contribution in [3.63, 3.8) is 0 Å². The van der Waals surface area contributed by atoms with Crippen molar-refractivity contribution in [2.24, 2.45) is 11.8 Å². The van der Waals surface area contributed by atoms with Crippen LogP contribution in [0.25, 0.3) is 0 Å². The second-order valence-electron chi connectivity index (χ2n) is 12.5. The van der Waals surface area contributed by atoms with E-state index in [1.165, 1.54) is 12.1 Å². The highest BCUT2D eigenvalue weighted by atomic mass is 32.2. The lowest BCUT2D eigenvalue weighted by Gasteiger charge is -2.31. The van der Waals surface area contributed by atoms with Gasteiger partial charge in [0.15, 0.2) is 21.3 Å². The number of hydrogen-bond acceptors (Lipinski definition) is 9. The molecular formula is C32H47N3O8S. The van der Waals surface area contributed by atoms with Crippen LogP contribution in [0.3, 0.4) is 0 Å². The maximum atomic E-state index is 13.7. The Kier molecular flexibility index (Phi) is 12.0. The van der Waals surface area contributed by atoms with Crippen molar-refractivity contribution in [1.29, 1.82) is 0 Å². The van der Waals surface area contributed by atoms with Crippen molar-refractivity contribution in [1.82, 2.24) is 16.0 Å². The van der Waals surface area contributed by atoms with Crippen LogP contribution in [0.5, 0.6) is 11.5 Å². The number of sulfone groups is 1. The minimum Gasteiger partial charge on any atom is -0.454 e. The maximum absolute atomic E-state index is 13.7. The van der Waals surface area contributed by atoms with Gasteiger partial charge in [0.25, 0.3) is 0 Å². The zero-order valence-electron chi connectivity index (χ0n) is 26.6. The topological polar surface area (TPSA) is 152 Å². The average Bonchev–Trinajstić information content (AvgIpc) is 3.42. The molecule has 0 bridgehead atoms. The molecule has 1 unspecified atom stereocenters. The number of aliphatic hydroxyl groups is 1. The number of nitrogens with one attached hydrogen (secondary N) is 3. The summed E-state index contributed by atoms with van der Waals surface area (Å²) in [4.78, 5) is 26.2. The van der Waals surface area contributed by atoms with Crippen molar-refractivity contribution in [3.05, 3.63) is 54.1 Å². The van der Waals surface area contributed by atoms with Gasteiger partial charge in [-0.3, -0.25) is 10.1 Å². The molecule has 1 aliphatic heterocycles. The molecule has 4 N–H and O–H groups in total. The number of amides is 2. The van der Waals surface area contributed by atoms with Crippen molar-refractivity contribution in [2.75, 3.05) is 13.3 Å². The quantitative estimate of drug-likeness (QED) is 0.244. The van der Waals surface area contributed by atoms with Crippen LogP contribution in [0.15, 0.2) is 53.4 Å². The number of benzene rings is 2. The highest BCUT2D eigenvalue weighted by Crippen LogP contribution is 2.35. The Hall–Kier alpha value is -3.35. The Morgan fingerprint density at radius 3 is 2.27 bits per heavy atom. The first-order valence-electron chi connectivity index (χ1n) is 15.0. The highest BCUT2D eigenvalue weighted by molar-refractivity contribution is 7.92. The van der Waals surface area contributed by atoms with Crippen molar-refractivity contribution in [2.45, 2.75) is 95.4 Å². The second kappa shape index (κ2) is 15.1. The third-order valence-electron chi connectivity index (χ3n) is 7.40. The summed E-state index contributed by atoms with van der Waals surface area (Å²) in [5.74, 6) is -0.224. The van der Waals surface area contributed by atoms with Crippen LogP contribution in [-0.4, -0.2) is 68.0 Å². The van der Waals surface area contributed by atoms with Crippen LogP contribution in [-0.2, 0) is 25.8 Å². The molecule has 0 saturated heterocycles. The number of alkyl carbamates (subject to hydrolysis) is 1. The summed E-state index contributed by atoms with van der Waals surface area (Å²) >= 11 is 0. The second-order valence-corrected chi connectivity index (χ2v) is 14.6. The number of hydrogen-bond donors (Lipinski definition) is 4. The molecule has 0 saturated carbocycles. The fourth-order valence-electron chi connectivity index (χ4n) is 4.84. The van der Waals surface area contributed by atoms with Crippen LogP contribution >= 0.6 is 0 Å². The number of aliphatic hydroxyl groups excluding tert-OH is 1. The molecule has 44 heavy (non-hydrogen) atoms. The van der Waals surface area contributed by atoms with Crippen LogP contribution in [0.2, 0.25) is 0 Å². The van der Waals surface area contributed by atoms with Gasteiger partial charge in [0, 0.05) is 12.6 Å². The predicted molar refractivity (Wildman–Crippen MR) is 167 cm³/mol. The van der Waals surface area contributed by atoms with E-state index in [0.717, 1.165) is 5.56 Å². The number of carbonyl (C=O) groups is 2. The molecule has 0 radical (unpaired) electrons. The minimum absolute atomic E-state index is 0.0244. The monoisotopic (exact) mass is 633 g/mol. The third kappa shape index (κ3) is 9.57. The van der Waals surface area contributed by atoms with Gasteiger partial charge >= 0.3 is 6.09 Å². The van der Waals surface area contributed by atoms with E-state index in [9.17, 15) is 23.1 Å². The smallest absolute Gasteiger partial charge is 0.408 e. The van der Waals surface area contributed by atoms with Gasteiger partial charge in [-0.2, -0.15) is 0 Å². The molecule has 3 rings (SSSR count). The molecular weight excluding hydrogens is 586 g/mol. The summed E-state index contributed by atoms with van der Waals surface area (Å²) in [6.07, 6.45) is -1.01. The van der Waals surface area contributed by atoms with Crippen LogP contribution in [0.4, 0.5) is 4.79 Å². The molecule has 2 aromatic carbocycles. The molecule has 0 fully saturated rings. The highest BCUT2D eigenvalue weighted by Gasteiger charge is 2.35. The first-order valence-corrected chi connectivity index (χ1v) is 16.6.